The smallest absolute Gasteiger partial charge is 0.113 e. The van der Waals surface area contributed by atoms with Crippen molar-refractivity contribution < 1.29 is 5.11 Å². The van der Waals surface area contributed by atoms with Crippen molar-refractivity contribution in [3.8, 4) is 0 Å². The molecule has 1 N–H and O–H groups in total. The van der Waals surface area contributed by atoms with E-state index >= 15 is 0 Å². The molecule has 0 fully saturated rings. The van der Waals surface area contributed by atoms with Crippen LogP contribution in [0.1, 0.15) is 34.9 Å². The standard InChI is InChI=1S/C16H19NO/c1-11-7-12(2)9-15(8-11)16(4,18)14-6-5-13(3)17-10-14/h5-10,18H,1-4H3. The molecule has 2 aromatic rings. The van der Waals surface area contributed by atoms with Crippen molar-refractivity contribution in [2.75, 3.05) is 0 Å². The first-order valence-electron chi connectivity index (χ1n) is 6.14. The summed E-state index contributed by atoms with van der Waals surface area (Å²) in [6.07, 6.45) is 1.74. The van der Waals surface area contributed by atoms with Gasteiger partial charge in [-0.1, -0.05) is 35.4 Å². The summed E-state index contributed by atoms with van der Waals surface area (Å²) >= 11 is 0. The second kappa shape index (κ2) is 4.54. The Morgan fingerprint density at radius 2 is 1.56 bits per heavy atom. The number of hydrogen-bond donors (Lipinski definition) is 1. The third-order valence-corrected chi connectivity index (χ3v) is 3.26. The van der Waals surface area contributed by atoms with E-state index in [9.17, 15) is 5.11 Å². The first-order chi connectivity index (χ1) is 8.39. The van der Waals surface area contributed by atoms with Crippen LogP contribution in [0.25, 0.3) is 0 Å². The number of nitrogens with zero attached hydrogens (tertiary/aromatic N) is 1. The van der Waals surface area contributed by atoms with Gasteiger partial charge in [0.05, 0.1) is 0 Å². The second-order valence-corrected chi connectivity index (χ2v) is 5.14. The highest BCUT2D eigenvalue weighted by Gasteiger charge is 2.26. The molecule has 0 saturated carbocycles. The summed E-state index contributed by atoms with van der Waals surface area (Å²) < 4.78 is 0. The second-order valence-electron chi connectivity index (χ2n) is 5.14. The molecule has 0 saturated heterocycles. The lowest BCUT2D eigenvalue weighted by Gasteiger charge is -2.25. The predicted octanol–water partition coefficient (Wildman–Crippen LogP) is 3.26. The van der Waals surface area contributed by atoms with E-state index in [1.54, 1.807) is 6.20 Å². The van der Waals surface area contributed by atoms with Crippen molar-refractivity contribution >= 4 is 0 Å². The van der Waals surface area contributed by atoms with Gasteiger partial charge in [0.25, 0.3) is 0 Å². The highest BCUT2D eigenvalue weighted by molar-refractivity contribution is 5.38. The molecule has 0 aliphatic carbocycles. The van der Waals surface area contributed by atoms with Crippen LogP contribution < -0.4 is 0 Å². The lowest BCUT2D eigenvalue weighted by atomic mass is 9.87. The maximum Gasteiger partial charge on any atom is 0.113 e. The first-order valence-corrected chi connectivity index (χ1v) is 6.14. The Morgan fingerprint density at radius 1 is 0.944 bits per heavy atom. The lowest BCUT2D eigenvalue weighted by Crippen LogP contribution is -2.23. The van der Waals surface area contributed by atoms with Crippen LogP contribution in [0.4, 0.5) is 0 Å². The number of pyridine rings is 1. The van der Waals surface area contributed by atoms with E-state index in [0.29, 0.717) is 0 Å². The Labute approximate surface area is 108 Å². The molecular formula is C16H19NO. The van der Waals surface area contributed by atoms with Crippen molar-refractivity contribution in [3.63, 3.8) is 0 Å². The maximum absolute atomic E-state index is 10.8. The minimum absolute atomic E-state index is 0.818. The number of hydrogen-bond acceptors (Lipinski definition) is 2. The zero-order valence-corrected chi connectivity index (χ0v) is 11.4. The van der Waals surface area contributed by atoms with Crippen LogP contribution in [0, 0.1) is 20.8 Å². The molecule has 1 unspecified atom stereocenters. The predicted molar refractivity (Wildman–Crippen MR) is 73.6 cm³/mol. The highest BCUT2D eigenvalue weighted by atomic mass is 16.3. The molecule has 94 valence electrons. The monoisotopic (exact) mass is 241 g/mol. The van der Waals surface area contributed by atoms with Crippen LogP contribution in [-0.2, 0) is 5.60 Å². The molecule has 0 aliphatic rings. The van der Waals surface area contributed by atoms with Gasteiger partial charge in [-0.15, -0.1) is 0 Å². The molecule has 1 aromatic heterocycles. The summed E-state index contributed by atoms with van der Waals surface area (Å²) in [4.78, 5) is 4.26. The molecule has 1 heterocycles. The third kappa shape index (κ3) is 2.44. The Hall–Kier alpha value is -1.67. The van der Waals surface area contributed by atoms with E-state index in [1.807, 2.05) is 52.0 Å². The van der Waals surface area contributed by atoms with Crippen LogP contribution in [-0.4, -0.2) is 10.1 Å². The number of benzene rings is 1. The van der Waals surface area contributed by atoms with Gasteiger partial charge in [-0.3, -0.25) is 4.98 Å². The summed E-state index contributed by atoms with van der Waals surface area (Å²) in [5, 5.41) is 10.8. The zero-order chi connectivity index (χ0) is 13.3. The normalized spacial score (nSPS) is 14.3. The fourth-order valence-corrected chi connectivity index (χ4v) is 2.18. The molecule has 0 radical (unpaired) electrons. The molecule has 2 heteroatoms. The van der Waals surface area contributed by atoms with Gasteiger partial charge in [0.2, 0.25) is 0 Å². The summed E-state index contributed by atoms with van der Waals surface area (Å²) in [6.45, 7) is 7.84. The summed E-state index contributed by atoms with van der Waals surface area (Å²) in [5.41, 5.74) is 3.99. The Morgan fingerprint density at radius 3 is 2.06 bits per heavy atom. The fourth-order valence-electron chi connectivity index (χ4n) is 2.18. The molecule has 2 nitrogen and oxygen atoms in total. The van der Waals surface area contributed by atoms with Crippen molar-refractivity contribution in [3.05, 3.63) is 64.5 Å². The van der Waals surface area contributed by atoms with Gasteiger partial charge in [-0.25, -0.2) is 0 Å². The quantitative estimate of drug-likeness (QED) is 0.875. The van der Waals surface area contributed by atoms with E-state index in [2.05, 4.69) is 11.1 Å². The molecule has 0 spiro atoms. The van der Waals surface area contributed by atoms with Gasteiger partial charge in [-0.05, 0) is 39.3 Å². The summed E-state index contributed by atoms with van der Waals surface area (Å²) in [6, 6.07) is 10.00. The Balaban J connectivity index is 2.49. The topological polar surface area (TPSA) is 33.1 Å². The number of rotatable bonds is 2. The lowest BCUT2D eigenvalue weighted by molar-refractivity contribution is 0.102. The van der Waals surface area contributed by atoms with Gasteiger partial charge in [-0.2, -0.15) is 0 Å². The van der Waals surface area contributed by atoms with E-state index < -0.39 is 5.60 Å². The van der Waals surface area contributed by atoms with Gasteiger partial charge in [0, 0.05) is 17.5 Å². The van der Waals surface area contributed by atoms with Gasteiger partial charge in [0.1, 0.15) is 5.60 Å². The van der Waals surface area contributed by atoms with E-state index in [4.69, 9.17) is 0 Å². The largest absolute Gasteiger partial charge is 0.381 e. The molecule has 18 heavy (non-hydrogen) atoms. The third-order valence-electron chi connectivity index (χ3n) is 3.26. The zero-order valence-electron chi connectivity index (χ0n) is 11.4. The average Bonchev–Trinajstić information content (AvgIpc) is 2.28. The minimum Gasteiger partial charge on any atom is -0.381 e. The van der Waals surface area contributed by atoms with Gasteiger partial charge < -0.3 is 5.11 Å². The Bertz CT molecular complexity index is 536. The number of aromatic nitrogens is 1. The first kappa shape index (κ1) is 12.8. The molecule has 0 bridgehead atoms. The average molecular weight is 241 g/mol. The SMILES string of the molecule is Cc1cc(C)cc(C(C)(O)c2ccc(C)nc2)c1. The van der Waals surface area contributed by atoms with Gasteiger partial charge >= 0.3 is 0 Å². The van der Waals surface area contributed by atoms with Crippen LogP contribution in [0.2, 0.25) is 0 Å². The van der Waals surface area contributed by atoms with E-state index in [1.165, 1.54) is 0 Å². The van der Waals surface area contributed by atoms with Crippen LogP contribution in [0.15, 0.2) is 36.5 Å². The molecule has 1 aromatic carbocycles. The summed E-state index contributed by atoms with van der Waals surface area (Å²) in [7, 11) is 0. The van der Waals surface area contributed by atoms with Crippen LogP contribution in [0.3, 0.4) is 0 Å². The molecule has 0 aliphatic heterocycles. The Kier molecular flexibility index (Phi) is 3.22. The minimum atomic E-state index is -1.00. The van der Waals surface area contributed by atoms with Crippen LogP contribution >= 0.6 is 0 Å². The van der Waals surface area contributed by atoms with Crippen molar-refractivity contribution in [1.29, 1.82) is 0 Å². The van der Waals surface area contributed by atoms with Crippen molar-refractivity contribution in [2.24, 2.45) is 0 Å². The van der Waals surface area contributed by atoms with E-state index in [0.717, 1.165) is 27.9 Å². The molecule has 2 rings (SSSR count). The van der Waals surface area contributed by atoms with E-state index in [-0.39, 0.29) is 0 Å². The maximum atomic E-state index is 10.8. The molecule has 0 amide bonds. The molecule has 1 atom stereocenters. The van der Waals surface area contributed by atoms with Crippen LogP contribution in [0.5, 0.6) is 0 Å². The van der Waals surface area contributed by atoms with Crippen molar-refractivity contribution in [1.82, 2.24) is 4.98 Å². The highest BCUT2D eigenvalue weighted by Crippen LogP contribution is 2.29. The summed E-state index contributed by atoms with van der Waals surface area (Å²) in [5.74, 6) is 0. The number of aliphatic hydroxyl groups is 1. The number of aryl methyl sites for hydroxylation is 3. The molecular weight excluding hydrogens is 222 g/mol. The van der Waals surface area contributed by atoms with Gasteiger partial charge in [0.15, 0.2) is 0 Å². The fraction of sp³-hybridized carbons (Fsp3) is 0.312. The van der Waals surface area contributed by atoms with Crippen molar-refractivity contribution in [2.45, 2.75) is 33.3 Å².